The summed E-state index contributed by atoms with van der Waals surface area (Å²) < 4.78 is 33.1. The Morgan fingerprint density at radius 2 is 1.75 bits per heavy atom. The fraction of sp³-hybridized carbons (Fsp3) is 0.238. The third-order valence-corrected chi connectivity index (χ3v) is 4.24. The van der Waals surface area contributed by atoms with Crippen molar-refractivity contribution in [1.82, 2.24) is 4.57 Å². The lowest BCUT2D eigenvalue weighted by atomic mass is 10.1. The van der Waals surface area contributed by atoms with E-state index in [4.69, 9.17) is 4.74 Å². The van der Waals surface area contributed by atoms with Gasteiger partial charge >= 0.3 is 5.97 Å². The molecule has 28 heavy (non-hydrogen) atoms. The molecule has 0 bridgehead atoms. The van der Waals surface area contributed by atoms with Crippen LogP contribution in [0.2, 0.25) is 0 Å². The number of benzene rings is 2. The van der Waals surface area contributed by atoms with E-state index in [1.165, 1.54) is 17.7 Å². The number of carboxylic acids is 1. The van der Waals surface area contributed by atoms with Crippen LogP contribution in [0.3, 0.4) is 0 Å². The largest absolute Gasteiger partial charge is 0.497 e. The number of aromatic nitrogens is 1. The predicted molar refractivity (Wildman–Crippen MR) is 102 cm³/mol. The van der Waals surface area contributed by atoms with E-state index in [1.807, 2.05) is 13.8 Å². The van der Waals surface area contributed by atoms with E-state index < -0.39 is 23.5 Å². The van der Waals surface area contributed by atoms with Crippen molar-refractivity contribution in [2.75, 3.05) is 7.11 Å². The van der Waals surface area contributed by atoms with Gasteiger partial charge in [0.2, 0.25) is 0 Å². The quantitative estimate of drug-likeness (QED) is 0.709. The second-order valence-electron chi connectivity index (χ2n) is 5.79. The summed E-state index contributed by atoms with van der Waals surface area (Å²) in [4.78, 5) is 24.1. The summed E-state index contributed by atoms with van der Waals surface area (Å²) in [6.07, 6.45) is -0.284. The molecule has 1 aromatic heterocycles. The SMILES string of the molecule is CC.COc1ccc2c(c1)c(CC(=O)O)c(C)n2C(=O)c1ccc(F)c(F)c1. The minimum absolute atomic E-state index is 0.0402. The number of rotatable bonds is 4. The molecule has 3 rings (SSSR count). The second-order valence-corrected chi connectivity index (χ2v) is 5.79. The molecule has 7 heteroatoms. The Balaban J connectivity index is 0.00000136. The van der Waals surface area contributed by atoms with Gasteiger partial charge in [-0.15, -0.1) is 0 Å². The number of halogens is 2. The molecule has 0 amide bonds. The molecule has 0 unspecified atom stereocenters. The predicted octanol–water partition coefficient (Wildman–Crippen LogP) is 4.58. The number of hydrogen-bond donors (Lipinski definition) is 1. The topological polar surface area (TPSA) is 68.5 Å². The van der Waals surface area contributed by atoms with Gasteiger partial charge in [-0.2, -0.15) is 0 Å². The average Bonchev–Trinajstić information content (AvgIpc) is 2.95. The lowest BCUT2D eigenvalue weighted by Crippen LogP contribution is -2.14. The summed E-state index contributed by atoms with van der Waals surface area (Å²) in [7, 11) is 1.48. The highest BCUT2D eigenvalue weighted by molar-refractivity contribution is 6.04. The maximum atomic E-state index is 13.5. The van der Waals surface area contributed by atoms with Crippen LogP contribution in [-0.2, 0) is 11.2 Å². The smallest absolute Gasteiger partial charge is 0.307 e. The van der Waals surface area contributed by atoms with Crippen molar-refractivity contribution in [3.05, 3.63) is 64.9 Å². The first-order chi connectivity index (χ1) is 13.3. The van der Waals surface area contributed by atoms with Crippen LogP contribution in [-0.4, -0.2) is 28.7 Å². The molecular weight excluding hydrogens is 368 g/mol. The van der Waals surface area contributed by atoms with Crippen LogP contribution in [0.15, 0.2) is 36.4 Å². The molecule has 1 heterocycles. The molecule has 0 aliphatic heterocycles. The highest BCUT2D eigenvalue weighted by atomic mass is 19.2. The fourth-order valence-corrected chi connectivity index (χ4v) is 2.98. The molecule has 148 valence electrons. The van der Waals surface area contributed by atoms with Gasteiger partial charge in [0, 0.05) is 16.6 Å². The number of carbonyl (C=O) groups is 2. The van der Waals surface area contributed by atoms with Crippen molar-refractivity contribution in [3.63, 3.8) is 0 Å². The van der Waals surface area contributed by atoms with Gasteiger partial charge < -0.3 is 9.84 Å². The van der Waals surface area contributed by atoms with Gasteiger partial charge in [-0.05, 0) is 48.9 Å². The van der Waals surface area contributed by atoms with Crippen LogP contribution in [0.4, 0.5) is 8.78 Å². The Morgan fingerprint density at radius 3 is 2.32 bits per heavy atom. The fourth-order valence-electron chi connectivity index (χ4n) is 2.98. The third-order valence-electron chi connectivity index (χ3n) is 4.24. The van der Waals surface area contributed by atoms with Crippen molar-refractivity contribution in [2.45, 2.75) is 27.2 Å². The number of ether oxygens (including phenoxy) is 1. The Kier molecular flexibility index (Phi) is 6.51. The summed E-state index contributed by atoms with van der Waals surface area (Å²) in [6, 6.07) is 7.81. The van der Waals surface area contributed by atoms with Gasteiger partial charge in [-0.25, -0.2) is 8.78 Å². The van der Waals surface area contributed by atoms with Gasteiger partial charge in [0.1, 0.15) is 5.75 Å². The molecule has 0 fully saturated rings. The van der Waals surface area contributed by atoms with Crippen LogP contribution in [0.1, 0.15) is 35.5 Å². The highest BCUT2D eigenvalue weighted by Gasteiger charge is 2.22. The number of fused-ring (bicyclic) bond motifs is 1. The Hall–Kier alpha value is -3.22. The van der Waals surface area contributed by atoms with Gasteiger partial charge in [0.05, 0.1) is 19.0 Å². The maximum absolute atomic E-state index is 13.5. The molecule has 0 aliphatic carbocycles. The van der Waals surface area contributed by atoms with E-state index >= 15 is 0 Å². The summed E-state index contributed by atoms with van der Waals surface area (Å²) in [5.41, 5.74) is 1.31. The molecule has 0 saturated carbocycles. The minimum atomic E-state index is -1.13. The van der Waals surface area contributed by atoms with E-state index in [0.29, 0.717) is 27.9 Å². The van der Waals surface area contributed by atoms with Gasteiger partial charge in [0.25, 0.3) is 5.91 Å². The first kappa shape index (κ1) is 21.1. The van der Waals surface area contributed by atoms with Crippen molar-refractivity contribution >= 4 is 22.8 Å². The van der Waals surface area contributed by atoms with E-state index in [-0.39, 0.29) is 12.0 Å². The molecule has 0 atom stereocenters. The molecular formula is C21H21F2NO4. The molecule has 3 aromatic rings. The first-order valence-corrected chi connectivity index (χ1v) is 8.73. The number of carbonyl (C=O) groups excluding carboxylic acids is 1. The molecule has 1 N–H and O–H groups in total. The van der Waals surface area contributed by atoms with Crippen molar-refractivity contribution in [2.24, 2.45) is 0 Å². The number of methoxy groups -OCH3 is 1. The monoisotopic (exact) mass is 389 g/mol. The summed E-state index contributed by atoms with van der Waals surface area (Å²) in [5, 5.41) is 9.75. The average molecular weight is 389 g/mol. The zero-order valence-electron chi connectivity index (χ0n) is 16.0. The Bertz CT molecular complexity index is 1040. The zero-order chi connectivity index (χ0) is 21.0. The summed E-state index contributed by atoms with van der Waals surface area (Å²) in [6.45, 7) is 5.61. The van der Waals surface area contributed by atoms with Gasteiger partial charge in [0.15, 0.2) is 11.6 Å². The summed E-state index contributed by atoms with van der Waals surface area (Å²) in [5.74, 6) is -3.28. The molecule has 0 spiro atoms. The Morgan fingerprint density at radius 1 is 1.07 bits per heavy atom. The number of aliphatic carboxylic acids is 1. The lowest BCUT2D eigenvalue weighted by molar-refractivity contribution is -0.136. The first-order valence-electron chi connectivity index (χ1n) is 8.73. The van der Waals surface area contributed by atoms with Crippen molar-refractivity contribution in [3.8, 4) is 5.75 Å². The van der Waals surface area contributed by atoms with E-state index in [9.17, 15) is 23.5 Å². The second kappa shape index (κ2) is 8.65. The standard InChI is InChI=1S/C19H15F2NO4.C2H6/c1-10-13(9-18(23)24)14-8-12(26-2)4-6-17(14)22(10)19(25)11-3-5-15(20)16(21)7-11;1-2/h3-8H,9H2,1-2H3,(H,23,24);1-2H3. The van der Waals surface area contributed by atoms with Crippen LogP contribution in [0.5, 0.6) is 5.75 Å². The summed E-state index contributed by atoms with van der Waals surface area (Å²) >= 11 is 0. The highest BCUT2D eigenvalue weighted by Crippen LogP contribution is 2.30. The normalized spacial score (nSPS) is 10.4. The van der Waals surface area contributed by atoms with Crippen LogP contribution >= 0.6 is 0 Å². The van der Waals surface area contributed by atoms with Crippen molar-refractivity contribution < 1.29 is 28.2 Å². The lowest BCUT2D eigenvalue weighted by Gasteiger charge is -2.08. The Labute approximate surface area is 161 Å². The van der Waals surface area contributed by atoms with Crippen LogP contribution < -0.4 is 4.74 Å². The number of carboxylic acid groups (broad SMARTS) is 1. The number of nitrogens with zero attached hydrogens (tertiary/aromatic N) is 1. The molecule has 0 saturated heterocycles. The van der Waals surface area contributed by atoms with Crippen molar-refractivity contribution in [1.29, 1.82) is 0 Å². The van der Waals surface area contributed by atoms with E-state index in [2.05, 4.69) is 0 Å². The maximum Gasteiger partial charge on any atom is 0.307 e. The van der Waals surface area contributed by atoms with Crippen LogP contribution in [0, 0.1) is 18.6 Å². The third kappa shape index (κ3) is 3.88. The zero-order valence-corrected chi connectivity index (χ0v) is 16.0. The molecule has 2 aromatic carbocycles. The molecule has 0 radical (unpaired) electrons. The molecule has 0 aliphatic rings. The van der Waals surface area contributed by atoms with Crippen LogP contribution in [0.25, 0.3) is 10.9 Å². The van der Waals surface area contributed by atoms with Gasteiger partial charge in [-0.3, -0.25) is 14.2 Å². The minimum Gasteiger partial charge on any atom is -0.497 e. The van der Waals surface area contributed by atoms with Gasteiger partial charge in [-0.1, -0.05) is 13.8 Å². The molecule has 5 nitrogen and oxygen atoms in total. The van der Waals surface area contributed by atoms with E-state index in [0.717, 1.165) is 12.1 Å². The number of hydrogen-bond acceptors (Lipinski definition) is 3. The van der Waals surface area contributed by atoms with E-state index in [1.54, 1.807) is 25.1 Å².